The van der Waals surface area contributed by atoms with E-state index in [4.69, 9.17) is 4.74 Å². The lowest BCUT2D eigenvalue weighted by atomic mass is 9.97. The number of amides is 1. The van der Waals surface area contributed by atoms with E-state index >= 15 is 0 Å². The Kier molecular flexibility index (Phi) is 7.74. The summed E-state index contributed by atoms with van der Waals surface area (Å²) in [7, 11) is 0. The number of unbranched alkanes of at least 4 members (excludes halogenated alkanes) is 1. The number of nitrogens with zero attached hydrogens (tertiary/aromatic N) is 3. The Morgan fingerprint density at radius 3 is 2.65 bits per heavy atom. The Hall–Kier alpha value is -1.77. The first-order valence-electron chi connectivity index (χ1n) is 9.25. The second-order valence-corrected chi connectivity index (χ2v) is 7.74. The summed E-state index contributed by atoms with van der Waals surface area (Å²) in [5.74, 6) is -0.277. The molecule has 0 unspecified atom stereocenters. The van der Waals surface area contributed by atoms with E-state index < -0.39 is 0 Å². The number of rotatable bonds is 8. The van der Waals surface area contributed by atoms with Crippen LogP contribution in [0.1, 0.15) is 46.5 Å². The van der Waals surface area contributed by atoms with Gasteiger partial charge in [0.2, 0.25) is 5.91 Å². The second kappa shape index (κ2) is 9.80. The van der Waals surface area contributed by atoms with Crippen LogP contribution in [0.25, 0.3) is 0 Å². The molecule has 1 aliphatic heterocycles. The van der Waals surface area contributed by atoms with Crippen molar-refractivity contribution >= 4 is 23.6 Å². The second-order valence-electron chi connectivity index (χ2n) is 6.43. The normalized spacial score (nSPS) is 16.5. The van der Waals surface area contributed by atoms with Gasteiger partial charge in [0.1, 0.15) is 0 Å². The van der Waals surface area contributed by atoms with Crippen LogP contribution in [0.4, 0.5) is 0 Å². The van der Waals surface area contributed by atoms with Crippen molar-refractivity contribution in [1.29, 1.82) is 0 Å². The lowest BCUT2D eigenvalue weighted by molar-refractivity contribution is -0.151. The van der Waals surface area contributed by atoms with E-state index in [9.17, 15) is 14.4 Å². The zero-order chi connectivity index (χ0) is 19.1. The summed E-state index contributed by atoms with van der Waals surface area (Å²) in [6.45, 7) is 7.77. The third kappa shape index (κ3) is 5.12. The van der Waals surface area contributed by atoms with Crippen LogP contribution in [0.15, 0.2) is 9.95 Å². The fourth-order valence-corrected chi connectivity index (χ4v) is 3.93. The molecule has 146 valence electrons. The van der Waals surface area contributed by atoms with Crippen LogP contribution in [-0.2, 0) is 20.9 Å². The van der Waals surface area contributed by atoms with Gasteiger partial charge in [-0.1, -0.05) is 25.1 Å². The van der Waals surface area contributed by atoms with Gasteiger partial charge in [0.25, 0.3) is 0 Å². The third-order valence-corrected chi connectivity index (χ3v) is 5.59. The van der Waals surface area contributed by atoms with Crippen LogP contribution in [0, 0.1) is 5.92 Å². The molecule has 0 bridgehead atoms. The van der Waals surface area contributed by atoms with Crippen molar-refractivity contribution in [1.82, 2.24) is 19.7 Å². The highest BCUT2D eigenvalue weighted by molar-refractivity contribution is 8.00. The van der Waals surface area contributed by atoms with Crippen LogP contribution < -0.4 is 5.69 Å². The van der Waals surface area contributed by atoms with Gasteiger partial charge in [-0.05, 0) is 33.1 Å². The number of thioether (sulfide) groups is 1. The Morgan fingerprint density at radius 2 is 2.04 bits per heavy atom. The van der Waals surface area contributed by atoms with E-state index in [1.165, 1.54) is 11.8 Å². The van der Waals surface area contributed by atoms with Crippen molar-refractivity contribution in [3.63, 3.8) is 0 Å². The van der Waals surface area contributed by atoms with Crippen molar-refractivity contribution in [2.45, 2.75) is 63.4 Å². The predicted molar refractivity (Wildman–Crippen MR) is 99.0 cm³/mol. The molecule has 9 heteroatoms. The van der Waals surface area contributed by atoms with Crippen LogP contribution in [0.5, 0.6) is 0 Å². The molecule has 1 aromatic heterocycles. The number of nitrogens with one attached hydrogen (secondary N) is 1. The quantitative estimate of drug-likeness (QED) is 0.541. The minimum absolute atomic E-state index is 0.00907. The zero-order valence-corrected chi connectivity index (χ0v) is 16.5. The van der Waals surface area contributed by atoms with Crippen molar-refractivity contribution < 1.29 is 14.3 Å². The van der Waals surface area contributed by atoms with Crippen molar-refractivity contribution in [2.24, 2.45) is 5.92 Å². The minimum atomic E-state index is -0.343. The Balaban J connectivity index is 1.91. The van der Waals surface area contributed by atoms with Crippen molar-refractivity contribution in [2.75, 3.05) is 19.7 Å². The summed E-state index contributed by atoms with van der Waals surface area (Å²) in [5.41, 5.74) is -0.240. The first kappa shape index (κ1) is 20.5. The molecule has 1 atom stereocenters. The fourth-order valence-electron chi connectivity index (χ4n) is 2.97. The van der Waals surface area contributed by atoms with E-state index in [2.05, 4.69) is 17.1 Å². The Morgan fingerprint density at radius 1 is 1.35 bits per heavy atom. The maximum absolute atomic E-state index is 12.7. The van der Waals surface area contributed by atoms with Gasteiger partial charge in [0, 0.05) is 19.6 Å². The van der Waals surface area contributed by atoms with Gasteiger partial charge in [-0.15, -0.1) is 5.10 Å². The van der Waals surface area contributed by atoms with Gasteiger partial charge >= 0.3 is 11.7 Å². The average molecular weight is 385 g/mol. The first-order chi connectivity index (χ1) is 12.5. The molecule has 1 N–H and O–H groups in total. The SMILES string of the molecule is CCCCn1c(S[C@@H](C)C(=O)N2CCC(C(=O)OCC)CC2)n[nH]c1=O. The molecule has 1 amide bonds. The summed E-state index contributed by atoms with van der Waals surface area (Å²) in [5, 5.41) is 6.71. The van der Waals surface area contributed by atoms with Crippen LogP contribution in [0.3, 0.4) is 0 Å². The number of carbonyl (C=O) groups excluding carboxylic acids is 2. The molecule has 1 saturated heterocycles. The number of aromatic amines is 1. The molecule has 0 spiro atoms. The van der Waals surface area contributed by atoms with Gasteiger partial charge in [-0.25, -0.2) is 9.89 Å². The number of H-pyrrole nitrogens is 1. The number of piperidine rings is 1. The van der Waals surface area contributed by atoms with E-state index in [-0.39, 0.29) is 28.7 Å². The number of hydrogen-bond acceptors (Lipinski definition) is 6. The molecule has 1 aliphatic rings. The number of esters is 1. The molecule has 26 heavy (non-hydrogen) atoms. The molecule has 8 nitrogen and oxygen atoms in total. The maximum Gasteiger partial charge on any atom is 0.343 e. The van der Waals surface area contributed by atoms with Gasteiger partial charge < -0.3 is 9.64 Å². The van der Waals surface area contributed by atoms with E-state index in [0.717, 1.165) is 12.8 Å². The van der Waals surface area contributed by atoms with Gasteiger partial charge in [-0.2, -0.15) is 0 Å². The monoisotopic (exact) mass is 384 g/mol. The molecule has 2 heterocycles. The van der Waals surface area contributed by atoms with E-state index in [1.807, 2.05) is 6.92 Å². The van der Waals surface area contributed by atoms with Gasteiger partial charge in [-0.3, -0.25) is 14.2 Å². The number of carbonyl (C=O) groups is 2. The Bertz CT molecular complexity index is 664. The first-order valence-corrected chi connectivity index (χ1v) is 10.1. The van der Waals surface area contributed by atoms with Crippen LogP contribution in [0.2, 0.25) is 0 Å². The lowest BCUT2D eigenvalue weighted by Crippen LogP contribution is -2.43. The average Bonchev–Trinajstić information content (AvgIpc) is 2.99. The summed E-state index contributed by atoms with van der Waals surface area (Å²) in [6, 6.07) is 0. The molecule has 0 aliphatic carbocycles. The van der Waals surface area contributed by atoms with E-state index in [0.29, 0.717) is 44.2 Å². The summed E-state index contributed by atoms with van der Waals surface area (Å²) in [4.78, 5) is 38.1. The van der Waals surface area contributed by atoms with E-state index in [1.54, 1.807) is 16.4 Å². The highest BCUT2D eigenvalue weighted by Gasteiger charge is 2.31. The summed E-state index contributed by atoms with van der Waals surface area (Å²) >= 11 is 1.30. The largest absolute Gasteiger partial charge is 0.466 e. The number of hydrogen-bond donors (Lipinski definition) is 1. The fraction of sp³-hybridized carbons (Fsp3) is 0.765. The topological polar surface area (TPSA) is 97.3 Å². The number of aromatic nitrogens is 3. The minimum Gasteiger partial charge on any atom is -0.466 e. The van der Waals surface area contributed by atoms with Gasteiger partial charge in [0.05, 0.1) is 17.8 Å². The zero-order valence-electron chi connectivity index (χ0n) is 15.7. The maximum atomic E-state index is 12.7. The highest BCUT2D eigenvalue weighted by atomic mass is 32.2. The molecule has 0 aromatic carbocycles. The lowest BCUT2D eigenvalue weighted by Gasteiger charge is -2.32. The molecule has 2 rings (SSSR count). The summed E-state index contributed by atoms with van der Waals surface area (Å²) in [6.07, 6.45) is 3.12. The number of ether oxygens (including phenoxy) is 1. The highest BCUT2D eigenvalue weighted by Crippen LogP contribution is 2.25. The summed E-state index contributed by atoms with van der Waals surface area (Å²) < 4.78 is 6.65. The van der Waals surface area contributed by atoms with Gasteiger partial charge in [0.15, 0.2) is 5.16 Å². The van der Waals surface area contributed by atoms with Crippen molar-refractivity contribution in [3.8, 4) is 0 Å². The van der Waals surface area contributed by atoms with Crippen LogP contribution in [-0.4, -0.2) is 56.5 Å². The number of likely N-dealkylation sites (tertiary alicyclic amines) is 1. The molecular formula is C17H28N4O4S. The predicted octanol–water partition coefficient (Wildman–Crippen LogP) is 1.65. The molecule has 0 radical (unpaired) electrons. The molecule has 1 aromatic rings. The standard InChI is InChI=1S/C17H28N4O4S/c1-4-6-9-21-16(24)18-19-17(21)26-12(3)14(22)20-10-7-13(8-11-20)15(23)25-5-2/h12-13H,4-11H2,1-3H3,(H,18,24)/t12-/m0/s1. The van der Waals surface area contributed by atoms with Crippen LogP contribution >= 0.6 is 11.8 Å². The molecule has 0 saturated carbocycles. The molecule has 1 fully saturated rings. The molecular weight excluding hydrogens is 356 g/mol. The third-order valence-electron chi connectivity index (χ3n) is 4.52. The van der Waals surface area contributed by atoms with Crippen molar-refractivity contribution in [3.05, 3.63) is 10.5 Å². The smallest absolute Gasteiger partial charge is 0.343 e. The Labute approximate surface area is 157 Å².